The van der Waals surface area contributed by atoms with Gasteiger partial charge in [0, 0.05) is 37.9 Å². The molecule has 122 valence electrons. The smallest absolute Gasteiger partial charge is 0.223 e. The van der Waals surface area contributed by atoms with Crippen LogP contribution in [0.4, 0.5) is 0 Å². The molecule has 0 saturated carbocycles. The Bertz CT molecular complexity index is 767. The second kappa shape index (κ2) is 6.56. The Kier molecular flexibility index (Phi) is 4.50. The van der Waals surface area contributed by atoms with Crippen molar-refractivity contribution in [3.63, 3.8) is 0 Å². The predicted molar refractivity (Wildman–Crippen MR) is 88.2 cm³/mol. The molecule has 0 bridgehead atoms. The van der Waals surface area contributed by atoms with Crippen molar-refractivity contribution < 1.29 is 10.2 Å². The number of fused-ring (bicyclic) bond motifs is 1. The van der Waals surface area contributed by atoms with Gasteiger partial charge in [-0.2, -0.15) is 0 Å². The van der Waals surface area contributed by atoms with E-state index in [1.54, 1.807) is 0 Å². The van der Waals surface area contributed by atoms with Gasteiger partial charge in [-0.05, 0) is 24.5 Å². The summed E-state index contributed by atoms with van der Waals surface area (Å²) in [5, 5.41) is 19.7. The average Bonchev–Trinajstić information content (AvgIpc) is 2.58. The predicted octanol–water partition coefficient (Wildman–Crippen LogP) is 1.62. The standard InChI is InChI=1S/C18H22N2O3/c1-2-20-15(12-21)9-17(22)18(23)16(20)11-19-8-7-13-5-3-4-6-14(13)10-19/h3-6,9,21,23H,2,7-8,10-12H2,1H3. The van der Waals surface area contributed by atoms with E-state index in [1.165, 1.54) is 17.2 Å². The summed E-state index contributed by atoms with van der Waals surface area (Å²) in [4.78, 5) is 14.2. The van der Waals surface area contributed by atoms with Gasteiger partial charge in [-0.1, -0.05) is 24.3 Å². The van der Waals surface area contributed by atoms with Gasteiger partial charge < -0.3 is 14.8 Å². The highest BCUT2D eigenvalue weighted by Gasteiger charge is 2.20. The number of pyridine rings is 1. The fourth-order valence-corrected chi connectivity index (χ4v) is 3.33. The van der Waals surface area contributed by atoms with E-state index in [1.807, 2.05) is 17.6 Å². The van der Waals surface area contributed by atoms with Crippen molar-refractivity contribution in [2.24, 2.45) is 0 Å². The molecule has 0 spiro atoms. The van der Waals surface area contributed by atoms with Crippen LogP contribution in [0.3, 0.4) is 0 Å². The summed E-state index contributed by atoms with van der Waals surface area (Å²) >= 11 is 0. The van der Waals surface area contributed by atoms with Crippen LogP contribution in [-0.4, -0.2) is 26.2 Å². The maximum Gasteiger partial charge on any atom is 0.223 e. The van der Waals surface area contributed by atoms with Crippen LogP contribution >= 0.6 is 0 Å². The SMILES string of the molecule is CCn1c(CO)cc(=O)c(O)c1CN1CCc2ccccc2C1. The number of hydrogen-bond acceptors (Lipinski definition) is 4. The summed E-state index contributed by atoms with van der Waals surface area (Å²) < 4.78 is 1.83. The molecular weight excluding hydrogens is 292 g/mol. The Morgan fingerprint density at radius 1 is 1.22 bits per heavy atom. The van der Waals surface area contributed by atoms with Gasteiger partial charge in [0.15, 0.2) is 5.75 Å². The fraction of sp³-hybridized carbons (Fsp3) is 0.389. The lowest BCUT2D eigenvalue weighted by molar-refractivity contribution is 0.229. The van der Waals surface area contributed by atoms with E-state index >= 15 is 0 Å². The van der Waals surface area contributed by atoms with E-state index in [0.717, 1.165) is 19.5 Å². The lowest BCUT2D eigenvalue weighted by atomic mass is 10.00. The molecule has 1 aromatic carbocycles. The minimum atomic E-state index is -0.425. The summed E-state index contributed by atoms with van der Waals surface area (Å²) in [5.74, 6) is -0.206. The van der Waals surface area contributed by atoms with E-state index in [0.29, 0.717) is 24.5 Å². The summed E-state index contributed by atoms with van der Waals surface area (Å²) in [6, 6.07) is 9.68. The summed E-state index contributed by atoms with van der Waals surface area (Å²) in [6.07, 6.45) is 0.965. The molecule has 0 unspecified atom stereocenters. The maximum absolute atomic E-state index is 11.9. The van der Waals surface area contributed by atoms with Gasteiger partial charge in [0.25, 0.3) is 0 Å². The normalized spacial score (nSPS) is 14.7. The van der Waals surface area contributed by atoms with Gasteiger partial charge in [0.1, 0.15) is 0 Å². The van der Waals surface area contributed by atoms with Crippen LogP contribution in [0.5, 0.6) is 5.75 Å². The minimum absolute atomic E-state index is 0.206. The molecule has 0 fully saturated rings. The third-order valence-electron chi connectivity index (χ3n) is 4.54. The Morgan fingerprint density at radius 2 is 1.96 bits per heavy atom. The second-order valence-electron chi connectivity index (χ2n) is 5.93. The molecule has 1 aliphatic rings. The third-order valence-corrected chi connectivity index (χ3v) is 4.54. The van der Waals surface area contributed by atoms with Crippen molar-refractivity contribution in [1.82, 2.24) is 9.47 Å². The number of nitrogens with zero attached hydrogens (tertiary/aromatic N) is 2. The molecule has 5 nitrogen and oxygen atoms in total. The molecule has 2 aromatic rings. The maximum atomic E-state index is 11.9. The van der Waals surface area contributed by atoms with Gasteiger partial charge in [0.2, 0.25) is 5.43 Å². The van der Waals surface area contributed by atoms with Crippen molar-refractivity contribution in [2.75, 3.05) is 6.54 Å². The first-order chi connectivity index (χ1) is 11.1. The van der Waals surface area contributed by atoms with Crippen LogP contribution in [-0.2, 0) is 32.7 Å². The number of aliphatic hydroxyl groups excluding tert-OH is 1. The molecule has 5 heteroatoms. The topological polar surface area (TPSA) is 65.7 Å². The molecule has 0 amide bonds. The van der Waals surface area contributed by atoms with Gasteiger partial charge in [-0.15, -0.1) is 0 Å². The number of aliphatic hydroxyl groups is 1. The highest BCUT2D eigenvalue weighted by molar-refractivity contribution is 5.32. The molecule has 23 heavy (non-hydrogen) atoms. The molecule has 0 atom stereocenters. The summed E-state index contributed by atoms with van der Waals surface area (Å²) in [7, 11) is 0. The van der Waals surface area contributed by atoms with Crippen LogP contribution in [0, 0.1) is 0 Å². The zero-order valence-electron chi connectivity index (χ0n) is 13.3. The number of rotatable bonds is 4. The Labute approximate surface area is 135 Å². The van der Waals surface area contributed by atoms with Gasteiger partial charge in [0.05, 0.1) is 12.3 Å². The molecule has 0 radical (unpaired) electrons. The quantitative estimate of drug-likeness (QED) is 0.900. The molecule has 1 aliphatic heterocycles. The summed E-state index contributed by atoms with van der Waals surface area (Å²) in [6.45, 7) is 4.52. The fourth-order valence-electron chi connectivity index (χ4n) is 3.33. The Hall–Kier alpha value is -2.11. The number of aromatic nitrogens is 1. The van der Waals surface area contributed by atoms with Crippen molar-refractivity contribution in [3.8, 4) is 5.75 Å². The molecule has 2 heterocycles. The second-order valence-corrected chi connectivity index (χ2v) is 5.93. The zero-order valence-corrected chi connectivity index (χ0v) is 13.3. The first-order valence-corrected chi connectivity index (χ1v) is 7.98. The Balaban J connectivity index is 1.92. The molecule has 0 aliphatic carbocycles. The van der Waals surface area contributed by atoms with Crippen molar-refractivity contribution in [3.05, 3.63) is 63.1 Å². The van der Waals surface area contributed by atoms with Crippen LogP contribution in [0.1, 0.15) is 29.4 Å². The van der Waals surface area contributed by atoms with E-state index in [9.17, 15) is 15.0 Å². The monoisotopic (exact) mass is 314 g/mol. The number of hydrogen-bond donors (Lipinski definition) is 2. The van der Waals surface area contributed by atoms with Gasteiger partial charge >= 0.3 is 0 Å². The highest BCUT2D eigenvalue weighted by atomic mass is 16.3. The lowest BCUT2D eigenvalue weighted by Crippen LogP contribution is -2.32. The van der Waals surface area contributed by atoms with Gasteiger partial charge in [-0.25, -0.2) is 0 Å². The first kappa shape index (κ1) is 15.8. The molecule has 3 rings (SSSR count). The molecular formula is C18H22N2O3. The third kappa shape index (κ3) is 3.02. The van der Waals surface area contributed by atoms with Crippen LogP contribution in [0.25, 0.3) is 0 Å². The minimum Gasteiger partial charge on any atom is -0.503 e. The van der Waals surface area contributed by atoms with Crippen LogP contribution in [0.15, 0.2) is 35.1 Å². The zero-order chi connectivity index (χ0) is 16.4. The Morgan fingerprint density at radius 3 is 2.65 bits per heavy atom. The highest BCUT2D eigenvalue weighted by Crippen LogP contribution is 2.23. The molecule has 0 saturated heterocycles. The molecule has 2 N–H and O–H groups in total. The van der Waals surface area contributed by atoms with Crippen LogP contribution in [0.2, 0.25) is 0 Å². The van der Waals surface area contributed by atoms with E-state index in [-0.39, 0.29) is 12.4 Å². The number of aromatic hydroxyl groups is 1. The summed E-state index contributed by atoms with van der Waals surface area (Å²) in [5.41, 5.74) is 3.37. The van der Waals surface area contributed by atoms with Crippen molar-refractivity contribution in [2.45, 2.75) is 39.6 Å². The molecule has 1 aromatic heterocycles. The van der Waals surface area contributed by atoms with Crippen molar-refractivity contribution >= 4 is 0 Å². The van der Waals surface area contributed by atoms with E-state index < -0.39 is 5.43 Å². The van der Waals surface area contributed by atoms with Crippen molar-refractivity contribution in [1.29, 1.82) is 0 Å². The van der Waals surface area contributed by atoms with E-state index in [2.05, 4.69) is 23.1 Å². The average molecular weight is 314 g/mol. The largest absolute Gasteiger partial charge is 0.503 e. The van der Waals surface area contributed by atoms with E-state index in [4.69, 9.17) is 0 Å². The number of benzene rings is 1. The van der Waals surface area contributed by atoms with Crippen LogP contribution < -0.4 is 5.43 Å². The first-order valence-electron chi connectivity index (χ1n) is 7.98. The lowest BCUT2D eigenvalue weighted by Gasteiger charge is -2.30. The van der Waals surface area contributed by atoms with Gasteiger partial charge in [-0.3, -0.25) is 9.69 Å².